The first-order valence-electron chi connectivity index (χ1n) is 9.12. The minimum atomic E-state index is 0.153. The molecule has 2 aromatic carbocycles. The molecule has 3 aromatic rings. The van der Waals surface area contributed by atoms with E-state index >= 15 is 0 Å². The van der Waals surface area contributed by atoms with E-state index in [2.05, 4.69) is 17.1 Å². The molecule has 142 valence electrons. The van der Waals surface area contributed by atoms with Crippen molar-refractivity contribution in [2.75, 3.05) is 27.8 Å². The maximum absolute atomic E-state index is 12.5. The molecular formula is C22H26N2O3. The highest BCUT2D eigenvalue weighted by Gasteiger charge is 2.12. The molecule has 0 aliphatic heterocycles. The van der Waals surface area contributed by atoms with Crippen molar-refractivity contribution in [3.8, 4) is 11.5 Å². The fraction of sp³-hybridized carbons (Fsp3) is 0.318. The van der Waals surface area contributed by atoms with Gasteiger partial charge in [0.15, 0.2) is 11.5 Å². The van der Waals surface area contributed by atoms with Crippen LogP contribution in [-0.4, -0.2) is 43.6 Å². The van der Waals surface area contributed by atoms with Gasteiger partial charge in [0.1, 0.15) is 0 Å². The Labute approximate surface area is 159 Å². The summed E-state index contributed by atoms with van der Waals surface area (Å²) in [7, 11) is 5.11. The molecule has 0 bridgehead atoms. The Bertz CT molecular complexity index is 917. The van der Waals surface area contributed by atoms with Crippen molar-refractivity contribution in [2.24, 2.45) is 0 Å². The first-order valence-corrected chi connectivity index (χ1v) is 9.12. The molecule has 3 rings (SSSR count). The van der Waals surface area contributed by atoms with Crippen LogP contribution in [0.4, 0.5) is 0 Å². The van der Waals surface area contributed by atoms with Gasteiger partial charge in [0.2, 0.25) is 5.91 Å². The number of aromatic nitrogens is 1. The number of ether oxygens (including phenoxy) is 2. The molecule has 0 spiro atoms. The quantitative estimate of drug-likeness (QED) is 0.659. The Kier molecular flexibility index (Phi) is 6.01. The Morgan fingerprint density at radius 2 is 1.81 bits per heavy atom. The maximum Gasteiger partial charge on any atom is 0.222 e. The van der Waals surface area contributed by atoms with E-state index in [1.54, 1.807) is 19.1 Å². The number of H-pyrrole nitrogens is 1. The van der Waals surface area contributed by atoms with E-state index in [0.29, 0.717) is 24.5 Å². The van der Waals surface area contributed by atoms with E-state index in [4.69, 9.17) is 9.47 Å². The summed E-state index contributed by atoms with van der Waals surface area (Å²) >= 11 is 0. The summed E-state index contributed by atoms with van der Waals surface area (Å²) in [4.78, 5) is 17.5. The lowest BCUT2D eigenvalue weighted by molar-refractivity contribution is -0.129. The van der Waals surface area contributed by atoms with E-state index in [-0.39, 0.29) is 5.91 Å². The fourth-order valence-electron chi connectivity index (χ4n) is 3.23. The second-order valence-electron chi connectivity index (χ2n) is 6.61. The van der Waals surface area contributed by atoms with Crippen molar-refractivity contribution in [3.05, 3.63) is 59.8 Å². The largest absolute Gasteiger partial charge is 0.493 e. The van der Waals surface area contributed by atoms with Crippen LogP contribution in [-0.2, 0) is 17.6 Å². The van der Waals surface area contributed by atoms with E-state index < -0.39 is 0 Å². The van der Waals surface area contributed by atoms with Gasteiger partial charge in [-0.1, -0.05) is 24.3 Å². The third-order valence-electron chi connectivity index (χ3n) is 4.89. The molecule has 5 heteroatoms. The minimum absolute atomic E-state index is 0.153. The number of nitrogens with one attached hydrogen (secondary N) is 1. The monoisotopic (exact) mass is 366 g/mol. The molecule has 27 heavy (non-hydrogen) atoms. The molecule has 5 nitrogen and oxygen atoms in total. The predicted molar refractivity (Wildman–Crippen MR) is 108 cm³/mol. The van der Waals surface area contributed by atoms with Gasteiger partial charge in [-0.2, -0.15) is 0 Å². The van der Waals surface area contributed by atoms with Gasteiger partial charge in [-0.3, -0.25) is 4.79 Å². The zero-order valence-electron chi connectivity index (χ0n) is 16.1. The number of fused-ring (bicyclic) bond motifs is 1. The average molecular weight is 366 g/mol. The SMILES string of the molecule is COc1ccc(CCN(C)C(=O)CCc2c[nH]c3ccccc23)cc1OC. The molecule has 1 heterocycles. The number of amides is 1. The number of aromatic amines is 1. The number of rotatable bonds is 8. The van der Waals surface area contributed by atoms with Crippen molar-refractivity contribution in [2.45, 2.75) is 19.3 Å². The van der Waals surface area contributed by atoms with Gasteiger partial charge in [-0.15, -0.1) is 0 Å². The van der Waals surface area contributed by atoms with Gasteiger partial charge in [-0.25, -0.2) is 0 Å². The Morgan fingerprint density at radius 3 is 2.59 bits per heavy atom. The van der Waals surface area contributed by atoms with E-state index in [9.17, 15) is 4.79 Å². The van der Waals surface area contributed by atoms with Crippen LogP contribution >= 0.6 is 0 Å². The van der Waals surface area contributed by atoms with Crippen LogP contribution in [0, 0.1) is 0 Å². The number of benzene rings is 2. The lowest BCUT2D eigenvalue weighted by Crippen LogP contribution is -2.29. The molecule has 0 fully saturated rings. The number of methoxy groups -OCH3 is 2. The molecule has 1 amide bonds. The molecule has 0 aliphatic rings. The summed E-state index contributed by atoms with van der Waals surface area (Å²) < 4.78 is 10.6. The molecule has 0 saturated carbocycles. The van der Waals surface area contributed by atoms with Crippen LogP contribution in [0.3, 0.4) is 0 Å². The van der Waals surface area contributed by atoms with Crippen LogP contribution in [0.1, 0.15) is 17.5 Å². The predicted octanol–water partition coefficient (Wildman–Crippen LogP) is 3.82. The van der Waals surface area contributed by atoms with Crippen LogP contribution < -0.4 is 9.47 Å². The number of likely N-dealkylation sites (N-methyl/N-ethyl adjacent to an activating group) is 1. The van der Waals surface area contributed by atoms with Crippen molar-refractivity contribution < 1.29 is 14.3 Å². The third-order valence-corrected chi connectivity index (χ3v) is 4.89. The lowest BCUT2D eigenvalue weighted by atomic mass is 10.1. The van der Waals surface area contributed by atoms with Crippen LogP contribution in [0.25, 0.3) is 10.9 Å². The average Bonchev–Trinajstić information content (AvgIpc) is 3.13. The number of carbonyl (C=O) groups is 1. The smallest absolute Gasteiger partial charge is 0.222 e. The zero-order valence-corrected chi connectivity index (χ0v) is 16.1. The second-order valence-corrected chi connectivity index (χ2v) is 6.61. The summed E-state index contributed by atoms with van der Waals surface area (Å²) in [6, 6.07) is 14.0. The van der Waals surface area contributed by atoms with Crippen LogP contribution in [0.15, 0.2) is 48.7 Å². The standard InChI is InChI=1S/C22H26N2O3/c1-24(13-12-16-8-10-20(26-2)21(14-16)27-3)22(25)11-9-17-15-23-19-7-5-4-6-18(17)19/h4-8,10,14-15,23H,9,11-13H2,1-3H3. The number of aryl methyl sites for hydroxylation is 1. The molecule has 0 saturated heterocycles. The summed E-state index contributed by atoms with van der Waals surface area (Å²) in [6.45, 7) is 0.669. The number of hydrogen-bond acceptors (Lipinski definition) is 3. The summed E-state index contributed by atoms with van der Waals surface area (Å²) in [5.41, 5.74) is 3.41. The molecule has 0 radical (unpaired) electrons. The normalized spacial score (nSPS) is 10.8. The first-order chi connectivity index (χ1) is 13.1. The zero-order chi connectivity index (χ0) is 19.2. The lowest BCUT2D eigenvalue weighted by Gasteiger charge is -2.17. The Hall–Kier alpha value is -2.95. The van der Waals surface area contributed by atoms with Crippen molar-refractivity contribution >= 4 is 16.8 Å². The topological polar surface area (TPSA) is 54.6 Å². The molecule has 0 unspecified atom stereocenters. The van der Waals surface area contributed by atoms with Gasteiger partial charge in [0, 0.05) is 37.1 Å². The van der Waals surface area contributed by atoms with E-state index in [1.165, 1.54) is 10.9 Å². The highest BCUT2D eigenvalue weighted by molar-refractivity contribution is 5.84. The molecule has 0 atom stereocenters. The number of para-hydroxylation sites is 1. The van der Waals surface area contributed by atoms with Gasteiger partial charge >= 0.3 is 0 Å². The molecule has 1 aromatic heterocycles. The van der Waals surface area contributed by atoms with Gasteiger partial charge in [0.05, 0.1) is 14.2 Å². The number of nitrogens with zero attached hydrogens (tertiary/aromatic N) is 1. The molecule has 0 aliphatic carbocycles. The third kappa shape index (κ3) is 4.42. The summed E-state index contributed by atoms with van der Waals surface area (Å²) in [5.74, 6) is 1.58. The van der Waals surface area contributed by atoms with Crippen molar-refractivity contribution in [3.63, 3.8) is 0 Å². The fourth-order valence-corrected chi connectivity index (χ4v) is 3.23. The van der Waals surface area contributed by atoms with Gasteiger partial charge < -0.3 is 19.4 Å². The van der Waals surface area contributed by atoms with Gasteiger partial charge in [0.25, 0.3) is 0 Å². The van der Waals surface area contributed by atoms with Crippen LogP contribution in [0.5, 0.6) is 11.5 Å². The first kappa shape index (κ1) is 18.8. The second kappa shape index (κ2) is 8.62. The van der Waals surface area contributed by atoms with Crippen molar-refractivity contribution in [1.29, 1.82) is 0 Å². The highest BCUT2D eigenvalue weighted by Crippen LogP contribution is 2.27. The summed E-state index contributed by atoms with van der Waals surface area (Å²) in [6.07, 6.45) is 4.02. The van der Waals surface area contributed by atoms with Crippen LogP contribution in [0.2, 0.25) is 0 Å². The number of carbonyl (C=O) groups excluding carboxylic acids is 1. The minimum Gasteiger partial charge on any atom is -0.493 e. The molecular weight excluding hydrogens is 340 g/mol. The van der Waals surface area contributed by atoms with E-state index in [1.807, 2.05) is 43.6 Å². The Morgan fingerprint density at radius 1 is 1.04 bits per heavy atom. The molecule has 1 N–H and O–H groups in total. The number of hydrogen-bond donors (Lipinski definition) is 1. The van der Waals surface area contributed by atoms with Crippen molar-refractivity contribution in [1.82, 2.24) is 9.88 Å². The highest BCUT2D eigenvalue weighted by atomic mass is 16.5. The van der Waals surface area contributed by atoms with E-state index in [0.717, 1.165) is 23.9 Å². The van der Waals surface area contributed by atoms with Gasteiger partial charge in [-0.05, 0) is 42.2 Å². The Balaban J connectivity index is 1.53. The maximum atomic E-state index is 12.5. The summed E-state index contributed by atoms with van der Waals surface area (Å²) in [5, 5.41) is 1.19.